The summed E-state index contributed by atoms with van der Waals surface area (Å²) in [5.74, 6) is 0.175. The zero-order chi connectivity index (χ0) is 15.8. The summed E-state index contributed by atoms with van der Waals surface area (Å²) in [7, 11) is 0. The van der Waals surface area contributed by atoms with Gasteiger partial charge in [-0.05, 0) is 30.9 Å². The van der Waals surface area contributed by atoms with Gasteiger partial charge in [0.25, 0.3) is 5.91 Å². The van der Waals surface area contributed by atoms with Crippen LogP contribution in [0.15, 0.2) is 36.5 Å². The van der Waals surface area contributed by atoms with Gasteiger partial charge in [-0.15, -0.1) is 0 Å². The van der Waals surface area contributed by atoms with Crippen LogP contribution in [0.2, 0.25) is 0 Å². The summed E-state index contributed by atoms with van der Waals surface area (Å²) in [6, 6.07) is 9.91. The number of nitrogens with zero attached hydrogens (tertiary/aromatic N) is 1. The molecule has 0 radical (unpaired) electrons. The maximum atomic E-state index is 12.2. The van der Waals surface area contributed by atoms with Crippen molar-refractivity contribution in [2.45, 2.75) is 18.9 Å². The van der Waals surface area contributed by atoms with Crippen molar-refractivity contribution in [3.63, 3.8) is 0 Å². The van der Waals surface area contributed by atoms with E-state index in [9.17, 15) is 4.79 Å². The maximum absolute atomic E-state index is 12.2. The van der Waals surface area contributed by atoms with Gasteiger partial charge in [0.05, 0.1) is 5.69 Å². The van der Waals surface area contributed by atoms with Crippen LogP contribution < -0.4 is 5.32 Å². The van der Waals surface area contributed by atoms with Crippen LogP contribution in [0.4, 0.5) is 0 Å². The summed E-state index contributed by atoms with van der Waals surface area (Å²) in [4.78, 5) is 15.4. The van der Waals surface area contributed by atoms with E-state index in [1.54, 1.807) is 6.07 Å². The van der Waals surface area contributed by atoms with Gasteiger partial charge in [0, 0.05) is 35.3 Å². The number of H-pyrrole nitrogens is 2. The molecule has 1 amide bonds. The van der Waals surface area contributed by atoms with E-state index in [4.69, 9.17) is 5.11 Å². The molecule has 1 aliphatic rings. The Bertz CT molecular complexity index is 845. The monoisotopic (exact) mass is 310 g/mol. The van der Waals surface area contributed by atoms with Crippen LogP contribution in [-0.4, -0.2) is 38.8 Å². The van der Waals surface area contributed by atoms with Gasteiger partial charge in [0.1, 0.15) is 5.69 Å². The lowest BCUT2D eigenvalue weighted by molar-refractivity contribution is 0.0827. The number of carbonyl (C=O) groups excluding carboxylic acids is 1. The number of carbonyl (C=O) groups is 1. The summed E-state index contributed by atoms with van der Waals surface area (Å²) in [6.07, 6.45) is 3.58. The third-order valence-electron chi connectivity index (χ3n) is 4.52. The number of fused-ring (bicyclic) bond motifs is 1. The summed E-state index contributed by atoms with van der Waals surface area (Å²) in [6.45, 7) is 0.196. The van der Waals surface area contributed by atoms with E-state index in [0.717, 1.165) is 35.0 Å². The summed E-state index contributed by atoms with van der Waals surface area (Å²) < 4.78 is 0. The highest BCUT2D eigenvalue weighted by Crippen LogP contribution is 2.28. The smallest absolute Gasteiger partial charge is 0.269 e. The average Bonchev–Trinajstić information content (AvgIpc) is 3.16. The minimum Gasteiger partial charge on any atom is -0.396 e. The molecule has 1 saturated carbocycles. The van der Waals surface area contributed by atoms with Crippen LogP contribution in [0.1, 0.15) is 23.3 Å². The average molecular weight is 310 g/mol. The molecule has 0 atom stereocenters. The molecule has 6 heteroatoms. The van der Waals surface area contributed by atoms with Gasteiger partial charge in [-0.1, -0.05) is 18.2 Å². The SMILES string of the molecule is O=C(NC1CC(CO)C1)c1cc(-c2c[nH]c3ccccc23)n[nH]1. The number of nitrogens with one attached hydrogen (secondary N) is 3. The first kappa shape index (κ1) is 14.0. The van der Waals surface area contributed by atoms with Crippen molar-refractivity contribution >= 4 is 16.8 Å². The fourth-order valence-corrected chi connectivity index (χ4v) is 3.13. The Labute approximate surface area is 132 Å². The van der Waals surface area contributed by atoms with Gasteiger partial charge < -0.3 is 15.4 Å². The normalized spacial score (nSPS) is 20.4. The minimum absolute atomic E-state index is 0.148. The van der Waals surface area contributed by atoms with Crippen molar-refractivity contribution in [2.24, 2.45) is 5.92 Å². The minimum atomic E-state index is -0.148. The number of aliphatic hydroxyl groups is 1. The predicted octanol–water partition coefficient (Wildman–Crippen LogP) is 2.06. The van der Waals surface area contributed by atoms with Crippen molar-refractivity contribution in [2.75, 3.05) is 6.61 Å². The van der Waals surface area contributed by atoms with E-state index in [-0.39, 0.29) is 18.6 Å². The molecule has 118 valence electrons. The van der Waals surface area contributed by atoms with Crippen LogP contribution in [0.3, 0.4) is 0 Å². The molecule has 2 aromatic heterocycles. The first-order valence-corrected chi connectivity index (χ1v) is 7.78. The Hall–Kier alpha value is -2.60. The highest BCUT2D eigenvalue weighted by Gasteiger charge is 2.30. The molecule has 2 heterocycles. The lowest BCUT2D eigenvalue weighted by atomic mass is 9.81. The number of hydrogen-bond donors (Lipinski definition) is 4. The number of aromatic nitrogens is 3. The molecule has 0 bridgehead atoms. The van der Waals surface area contributed by atoms with Crippen LogP contribution in [-0.2, 0) is 0 Å². The fourth-order valence-electron chi connectivity index (χ4n) is 3.13. The highest BCUT2D eigenvalue weighted by atomic mass is 16.3. The van der Waals surface area contributed by atoms with E-state index < -0.39 is 0 Å². The van der Waals surface area contributed by atoms with E-state index in [1.165, 1.54) is 0 Å². The molecule has 0 spiro atoms. The first-order chi connectivity index (χ1) is 11.2. The number of aliphatic hydroxyl groups excluding tert-OH is 1. The summed E-state index contributed by atoms with van der Waals surface area (Å²) in [5, 5.41) is 20.1. The molecule has 1 aliphatic carbocycles. The fraction of sp³-hybridized carbons (Fsp3) is 0.294. The zero-order valence-electron chi connectivity index (χ0n) is 12.5. The van der Waals surface area contributed by atoms with Crippen LogP contribution in [0.25, 0.3) is 22.2 Å². The molecule has 1 fully saturated rings. The van der Waals surface area contributed by atoms with E-state index in [2.05, 4.69) is 20.5 Å². The molecule has 4 rings (SSSR count). The van der Waals surface area contributed by atoms with Gasteiger partial charge in [-0.2, -0.15) is 5.10 Å². The van der Waals surface area contributed by atoms with Crippen molar-refractivity contribution < 1.29 is 9.90 Å². The number of hydrogen-bond acceptors (Lipinski definition) is 3. The molecule has 23 heavy (non-hydrogen) atoms. The number of para-hydroxylation sites is 1. The Balaban J connectivity index is 1.51. The number of rotatable bonds is 4. The van der Waals surface area contributed by atoms with E-state index >= 15 is 0 Å². The van der Waals surface area contributed by atoms with E-state index in [1.807, 2.05) is 30.5 Å². The van der Waals surface area contributed by atoms with Gasteiger partial charge in [0.15, 0.2) is 0 Å². The number of aromatic amines is 2. The van der Waals surface area contributed by atoms with Gasteiger partial charge in [-0.3, -0.25) is 9.89 Å². The third-order valence-corrected chi connectivity index (χ3v) is 4.52. The molecule has 4 N–H and O–H groups in total. The third kappa shape index (κ3) is 2.51. The molecule has 0 aliphatic heterocycles. The lowest BCUT2D eigenvalue weighted by Gasteiger charge is -2.34. The Morgan fingerprint density at radius 2 is 2.17 bits per heavy atom. The topological polar surface area (TPSA) is 93.8 Å². The van der Waals surface area contributed by atoms with Gasteiger partial charge in [-0.25, -0.2) is 0 Å². The molecule has 3 aromatic rings. The van der Waals surface area contributed by atoms with Gasteiger partial charge in [0.2, 0.25) is 0 Å². The lowest BCUT2D eigenvalue weighted by Crippen LogP contribution is -2.45. The largest absolute Gasteiger partial charge is 0.396 e. The Morgan fingerprint density at radius 1 is 1.35 bits per heavy atom. The highest BCUT2D eigenvalue weighted by molar-refractivity contribution is 5.97. The quantitative estimate of drug-likeness (QED) is 0.594. The Kier molecular flexibility index (Phi) is 3.38. The molecular weight excluding hydrogens is 292 g/mol. The number of amides is 1. The molecule has 0 unspecified atom stereocenters. The van der Waals surface area contributed by atoms with Crippen LogP contribution in [0.5, 0.6) is 0 Å². The predicted molar refractivity (Wildman–Crippen MR) is 86.9 cm³/mol. The molecule has 1 aromatic carbocycles. The second kappa shape index (κ2) is 5.55. The number of benzene rings is 1. The van der Waals surface area contributed by atoms with Gasteiger partial charge >= 0.3 is 0 Å². The molecular formula is C17H18N4O2. The molecule has 0 saturated heterocycles. The standard InChI is InChI=1S/C17H18N4O2/c22-9-10-5-11(6-10)19-17(23)16-7-15(20-21-16)13-8-18-14-4-2-1-3-12(13)14/h1-4,7-8,10-11,18,22H,5-6,9H2,(H,19,23)(H,20,21). The van der Waals surface area contributed by atoms with Crippen molar-refractivity contribution in [1.29, 1.82) is 0 Å². The van der Waals surface area contributed by atoms with Crippen LogP contribution in [0, 0.1) is 5.92 Å². The maximum Gasteiger partial charge on any atom is 0.269 e. The second-order valence-electron chi connectivity index (χ2n) is 6.11. The van der Waals surface area contributed by atoms with Crippen molar-refractivity contribution in [3.8, 4) is 11.3 Å². The van der Waals surface area contributed by atoms with E-state index in [0.29, 0.717) is 11.6 Å². The first-order valence-electron chi connectivity index (χ1n) is 7.78. The van der Waals surface area contributed by atoms with Crippen LogP contribution >= 0.6 is 0 Å². The second-order valence-corrected chi connectivity index (χ2v) is 6.11. The molecule has 6 nitrogen and oxygen atoms in total. The Morgan fingerprint density at radius 3 is 3.00 bits per heavy atom. The summed E-state index contributed by atoms with van der Waals surface area (Å²) >= 11 is 0. The summed E-state index contributed by atoms with van der Waals surface area (Å²) in [5.41, 5.74) is 3.22. The van der Waals surface area contributed by atoms with Crippen molar-refractivity contribution in [3.05, 3.63) is 42.2 Å². The van der Waals surface area contributed by atoms with Crippen molar-refractivity contribution in [1.82, 2.24) is 20.5 Å². The zero-order valence-corrected chi connectivity index (χ0v) is 12.5.